The number of hydrogen-bond donors (Lipinski definition) is 0. The third-order valence-electron chi connectivity index (χ3n) is 3.10. The summed E-state index contributed by atoms with van der Waals surface area (Å²) in [4.78, 5) is 13.8. The fourth-order valence-corrected chi connectivity index (χ4v) is 1.92. The molecule has 4 nitrogen and oxygen atoms in total. The predicted molar refractivity (Wildman–Crippen MR) is 72.6 cm³/mol. The molecule has 0 heterocycles. The van der Waals surface area contributed by atoms with Crippen molar-refractivity contribution in [3.05, 3.63) is 34.4 Å². The monoisotopic (exact) mass is 255 g/mol. The van der Waals surface area contributed by atoms with Crippen LogP contribution in [0.15, 0.2) is 12.1 Å². The molecule has 0 saturated heterocycles. The maximum Gasteiger partial charge on any atom is 0.177 e. The lowest BCUT2D eigenvalue weighted by Crippen LogP contribution is -2.31. The standard InChI is InChI=1S/C15H17N3O/c1-11-8-13(3)14(9-12(11)2)15(19)10-18(6-4-16)7-5-17/h8-9H,6-7,10H2,1-3H3. The average Bonchev–Trinajstić information content (AvgIpc) is 2.34. The third-order valence-corrected chi connectivity index (χ3v) is 3.10. The molecule has 0 amide bonds. The van der Waals surface area contributed by atoms with Crippen molar-refractivity contribution >= 4 is 5.78 Å². The van der Waals surface area contributed by atoms with Crippen molar-refractivity contribution in [2.75, 3.05) is 19.6 Å². The molecular weight excluding hydrogens is 238 g/mol. The molecule has 0 aliphatic rings. The van der Waals surface area contributed by atoms with Gasteiger partial charge in [-0.05, 0) is 43.5 Å². The molecule has 1 rings (SSSR count). The highest BCUT2D eigenvalue weighted by molar-refractivity contribution is 5.99. The van der Waals surface area contributed by atoms with Gasteiger partial charge in [-0.1, -0.05) is 6.07 Å². The van der Waals surface area contributed by atoms with E-state index in [0.29, 0.717) is 5.56 Å². The summed E-state index contributed by atoms with van der Waals surface area (Å²) in [5.74, 6) is -0.0499. The first-order valence-corrected chi connectivity index (χ1v) is 6.07. The predicted octanol–water partition coefficient (Wildman–Crippen LogP) is 2.14. The molecule has 0 saturated carbocycles. The van der Waals surface area contributed by atoms with E-state index in [1.807, 2.05) is 45.0 Å². The Morgan fingerprint density at radius 3 is 2.11 bits per heavy atom. The van der Waals surface area contributed by atoms with Gasteiger partial charge in [-0.2, -0.15) is 10.5 Å². The van der Waals surface area contributed by atoms with Crippen molar-refractivity contribution in [1.29, 1.82) is 10.5 Å². The zero-order chi connectivity index (χ0) is 14.4. The van der Waals surface area contributed by atoms with Crippen molar-refractivity contribution < 1.29 is 4.79 Å². The highest BCUT2D eigenvalue weighted by atomic mass is 16.1. The number of hydrogen-bond acceptors (Lipinski definition) is 4. The molecule has 0 aromatic heterocycles. The molecule has 0 aliphatic heterocycles. The summed E-state index contributed by atoms with van der Waals surface area (Å²) in [7, 11) is 0. The van der Waals surface area contributed by atoms with Crippen molar-refractivity contribution in [2.45, 2.75) is 20.8 Å². The van der Waals surface area contributed by atoms with Gasteiger partial charge in [0.25, 0.3) is 0 Å². The van der Waals surface area contributed by atoms with Crippen molar-refractivity contribution in [3.63, 3.8) is 0 Å². The summed E-state index contributed by atoms with van der Waals surface area (Å²) in [5.41, 5.74) is 3.83. The van der Waals surface area contributed by atoms with Gasteiger partial charge in [0, 0.05) is 5.56 Å². The van der Waals surface area contributed by atoms with Crippen LogP contribution in [0.25, 0.3) is 0 Å². The number of aryl methyl sites for hydroxylation is 3. The summed E-state index contributed by atoms with van der Waals surface area (Å²) in [5, 5.41) is 17.3. The maximum atomic E-state index is 12.2. The topological polar surface area (TPSA) is 67.9 Å². The molecule has 0 N–H and O–H groups in total. The van der Waals surface area contributed by atoms with Gasteiger partial charge >= 0.3 is 0 Å². The number of Topliss-reactive ketones (excluding diaryl/α,β-unsaturated/α-hetero) is 1. The first kappa shape index (κ1) is 14.9. The smallest absolute Gasteiger partial charge is 0.177 e. The van der Waals surface area contributed by atoms with Gasteiger partial charge in [0.15, 0.2) is 5.78 Å². The van der Waals surface area contributed by atoms with Crippen LogP contribution in [0.4, 0.5) is 0 Å². The largest absolute Gasteiger partial charge is 0.293 e. The Bertz CT molecular complexity index is 548. The fourth-order valence-electron chi connectivity index (χ4n) is 1.92. The van der Waals surface area contributed by atoms with Gasteiger partial charge in [0.1, 0.15) is 0 Å². The Hall–Kier alpha value is -2.17. The minimum atomic E-state index is -0.0499. The molecule has 1 aromatic rings. The minimum absolute atomic E-state index is 0.0499. The van der Waals surface area contributed by atoms with Crippen LogP contribution in [-0.4, -0.2) is 30.3 Å². The van der Waals surface area contributed by atoms with Crippen LogP contribution in [0, 0.1) is 43.4 Å². The van der Waals surface area contributed by atoms with Crippen LogP contribution >= 0.6 is 0 Å². The van der Waals surface area contributed by atoms with Crippen LogP contribution in [0.3, 0.4) is 0 Å². The molecule has 0 unspecified atom stereocenters. The van der Waals surface area contributed by atoms with Gasteiger partial charge in [-0.3, -0.25) is 9.69 Å². The molecule has 0 atom stereocenters. The van der Waals surface area contributed by atoms with E-state index in [1.165, 1.54) is 4.90 Å². The molecule has 19 heavy (non-hydrogen) atoms. The zero-order valence-electron chi connectivity index (χ0n) is 11.5. The Labute approximate surface area is 113 Å². The minimum Gasteiger partial charge on any atom is -0.293 e. The fraction of sp³-hybridized carbons (Fsp3) is 0.400. The van der Waals surface area contributed by atoms with Gasteiger partial charge in [-0.15, -0.1) is 0 Å². The summed E-state index contributed by atoms with van der Waals surface area (Å²) in [6, 6.07) is 7.80. The summed E-state index contributed by atoms with van der Waals surface area (Å²) < 4.78 is 0. The van der Waals surface area contributed by atoms with Gasteiger partial charge in [0.05, 0.1) is 31.8 Å². The van der Waals surface area contributed by atoms with E-state index in [-0.39, 0.29) is 25.4 Å². The van der Waals surface area contributed by atoms with Crippen LogP contribution in [0.1, 0.15) is 27.0 Å². The van der Waals surface area contributed by atoms with E-state index in [4.69, 9.17) is 10.5 Å². The number of benzene rings is 1. The average molecular weight is 255 g/mol. The SMILES string of the molecule is Cc1cc(C)c(C(=O)CN(CC#N)CC#N)cc1C. The number of rotatable bonds is 5. The Morgan fingerprint density at radius 1 is 1.05 bits per heavy atom. The van der Waals surface area contributed by atoms with Crippen LogP contribution in [0.5, 0.6) is 0 Å². The second kappa shape index (κ2) is 6.68. The van der Waals surface area contributed by atoms with E-state index in [0.717, 1.165) is 16.7 Å². The molecular formula is C15H17N3O. The Balaban J connectivity index is 2.92. The van der Waals surface area contributed by atoms with Crippen LogP contribution in [-0.2, 0) is 0 Å². The summed E-state index contributed by atoms with van der Waals surface area (Å²) in [6.07, 6.45) is 0. The molecule has 0 fully saturated rings. The van der Waals surface area contributed by atoms with Gasteiger partial charge < -0.3 is 0 Å². The molecule has 98 valence electrons. The van der Waals surface area contributed by atoms with E-state index in [9.17, 15) is 4.79 Å². The second-order valence-electron chi connectivity index (χ2n) is 4.64. The van der Waals surface area contributed by atoms with Crippen molar-refractivity contribution in [1.82, 2.24) is 4.90 Å². The first-order valence-electron chi connectivity index (χ1n) is 6.07. The normalized spacial score (nSPS) is 10.0. The molecule has 0 aliphatic carbocycles. The van der Waals surface area contributed by atoms with E-state index in [1.54, 1.807) is 0 Å². The quantitative estimate of drug-likeness (QED) is 0.597. The van der Waals surface area contributed by atoms with Crippen molar-refractivity contribution in [2.24, 2.45) is 0 Å². The Morgan fingerprint density at radius 2 is 1.58 bits per heavy atom. The summed E-state index contributed by atoms with van der Waals surface area (Å²) in [6.45, 7) is 6.15. The second-order valence-corrected chi connectivity index (χ2v) is 4.64. The van der Waals surface area contributed by atoms with E-state index in [2.05, 4.69) is 0 Å². The molecule has 1 aromatic carbocycles. The number of nitriles is 2. The lowest BCUT2D eigenvalue weighted by Gasteiger charge is -2.15. The number of carbonyl (C=O) groups is 1. The van der Waals surface area contributed by atoms with E-state index < -0.39 is 0 Å². The number of nitrogens with zero attached hydrogens (tertiary/aromatic N) is 3. The molecule has 0 radical (unpaired) electrons. The first-order chi connectivity index (χ1) is 8.99. The highest BCUT2D eigenvalue weighted by Crippen LogP contribution is 2.16. The number of carbonyl (C=O) groups excluding carboxylic acids is 1. The number of ketones is 1. The molecule has 0 spiro atoms. The van der Waals surface area contributed by atoms with E-state index >= 15 is 0 Å². The summed E-state index contributed by atoms with van der Waals surface area (Å²) >= 11 is 0. The lowest BCUT2D eigenvalue weighted by molar-refractivity contribution is 0.0945. The highest BCUT2D eigenvalue weighted by Gasteiger charge is 2.15. The maximum absolute atomic E-state index is 12.2. The molecule has 4 heteroatoms. The zero-order valence-corrected chi connectivity index (χ0v) is 11.5. The molecule has 0 bridgehead atoms. The lowest BCUT2D eigenvalue weighted by atomic mass is 9.98. The van der Waals surface area contributed by atoms with Crippen LogP contribution < -0.4 is 0 Å². The van der Waals surface area contributed by atoms with Gasteiger partial charge in [0.2, 0.25) is 0 Å². The third kappa shape index (κ3) is 3.91. The van der Waals surface area contributed by atoms with Crippen molar-refractivity contribution in [3.8, 4) is 12.1 Å². The van der Waals surface area contributed by atoms with Gasteiger partial charge in [-0.25, -0.2) is 0 Å². The Kier molecular flexibility index (Phi) is 5.23. The van der Waals surface area contributed by atoms with Crippen LogP contribution in [0.2, 0.25) is 0 Å².